The van der Waals surface area contributed by atoms with Gasteiger partial charge in [-0.15, -0.1) is 12.6 Å². The van der Waals surface area contributed by atoms with Gasteiger partial charge in [-0.25, -0.2) is 4.39 Å². The number of hydrogen-bond donors (Lipinski definition) is 2. The van der Waals surface area contributed by atoms with E-state index in [2.05, 4.69) is 33.9 Å². The molecule has 0 aliphatic heterocycles. The van der Waals surface area contributed by atoms with E-state index in [1.165, 1.54) is 18.2 Å². The monoisotopic (exact) mass is 339 g/mol. The van der Waals surface area contributed by atoms with E-state index in [-0.39, 0.29) is 11.7 Å². The van der Waals surface area contributed by atoms with Gasteiger partial charge < -0.3 is 5.32 Å². The van der Waals surface area contributed by atoms with Gasteiger partial charge in [0.1, 0.15) is 5.82 Å². The van der Waals surface area contributed by atoms with Crippen LogP contribution in [0.25, 0.3) is 0 Å². The van der Waals surface area contributed by atoms with Crippen LogP contribution < -0.4 is 5.32 Å². The van der Waals surface area contributed by atoms with E-state index in [0.29, 0.717) is 15.7 Å². The van der Waals surface area contributed by atoms with Gasteiger partial charge in [-0.2, -0.15) is 0 Å². The van der Waals surface area contributed by atoms with Crippen LogP contribution in [-0.4, -0.2) is 5.91 Å². The SMILES string of the molecule is Cc1ccc(S)cc1C(=O)Nc1ccc(F)c(Br)c1. The zero-order valence-electron chi connectivity index (χ0n) is 10.1. The van der Waals surface area contributed by atoms with Crippen molar-refractivity contribution in [3.8, 4) is 0 Å². The Hall–Kier alpha value is -1.33. The predicted octanol–water partition coefficient (Wildman–Crippen LogP) is 4.44. The Labute approximate surface area is 124 Å². The van der Waals surface area contributed by atoms with E-state index >= 15 is 0 Å². The van der Waals surface area contributed by atoms with Gasteiger partial charge >= 0.3 is 0 Å². The number of rotatable bonds is 2. The lowest BCUT2D eigenvalue weighted by Crippen LogP contribution is -2.13. The van der Waals surface area contributed by atoms with Crippen LogP contribution in [0.5, 0.6) is 0 Å². The minimum Gasteiger partial charge on any atom is -0.322 e. The van der Waals surface area contributed by atoms with Gasteiger partial charge in [-0.05, 0) is 58.7 Å². The van der Waals surface area contributed by atoms with Gasteiger partial charge in [0.2, 0.25) is 0 Å². The van der Waals surface area contributed by atoms with Crippen molar-refractivity contribution in [1.82, 2.24) is 0 Å². The molecule has 0 radical (unpaired) electrons. The molecule has 1 N–H and O–H groups in total. The van der Waals surface area contributed by atoms with Gasteiger partial charge in [-0.1, -0.05) is 6.07 Å². The van der Waals surface area contributed by atoms with Crippen molar-refractivity contribution < 1.29 is 9.18 Å². The highest BCUT2D eigenvalue weighted by molar-refractivity contribution is 9.10. The molecule has 0 aliphatic carbocycles. The molecule has 2 nitrogen and oxygen atoms in total. The zero-order chi connectivity index (χ0) is 14.0. The topological polar surface area (TPSA) is 29.1 Å². The van der Waals surface area contributed by atoms with Crippen molar-refractivity contribution >= 4 is 40.2 Å². The molecule has 0 aliphatic rings. The van der Waals surface area contributed by atoms with E-state index in [1.807, 2.05) is 19.1 Å². The summed E-state index contributed by atoms with van der Waals surface area (Å²) in [6.45, 7) is 1.85. The van der Waals surface area contributed by atoms with E-state index < -0.39 is 0 Å². The van der Waals surface area contributed by atoms with Gasteiger partial charge in [0.25, 0.3) is 5.91 Å². The molecule has 0 unspecified atom stereocenters. The number of hydrogen-bond acceptors (Lipinski definition) is 2. The number of benzene rings is 2. The molecule has 5 heteroatoms. The minimum atomic E-state index is -0.369. The summed E-state index contributed by atoms with van der Waals surface area (Å²) in [5.41, 5.74) is 1.94. The average molecular weight is 340 g/mol. The lowest BCUT2D eigenvalue weighted by molar-refractivity contribution is 0.102. The Bertz CT molecular complexity index is 645. The first kappa shape index (κ1) is 14.1. The molecule has 2 aromatic carbocycles. The molecule has 0 heterocycles. The summed E-state index contributed by atoms with van der Waals surface area (Å²) < 4.78 is 13.4. The van der Waals surface area contributed by atoms with Gasteiger partial charge in [-0.3, -0.25) is 4.79 Å². The van der Waals surface area contributed by atoms with Crippen molar-refractivity contribution in [2.24, 2.45) is 0 Å². The molecule has 0 saturated heterocycles. The first-order valence-electron chi connectivity index (χ1n) is 5.53. The maximum Gasteiger partial charge on any atom is 0.255 e. The maximum absolute atomic E-state index is 13.1. The fraction of sp³-hybridized carbons (Fsp3) is 0.0714. The first-order valence-corrected chi connectivity index (χ1v) is 6.77. The van der Waals surface area contributed by atoms with E-state index in [0.717, 1.165) is 10.5 Å². The number of thiol groups is 1. The van der Waals surface area contributed by atoms with Crippen molar-refractivity contribution in [2.45, 2.75) is 11.8 Å². The van der Waals surface area contributed by atoms with Crippen molar-refractivity contribution in [3.63, 3.8) is 0 Å². The average Bonchev–Trinajstić information content (AvgIpc) is 2.36. The second kappa shape index (κ2) is 5.75. The number of nitrogens with one attached hydrogen (secondary N) is 1. The van der Waals surface area contributed by atoms with Crippen LogP contribution in [0.3, 0.4) is 0 Å². The van der Waals surface area contributed by atoms with Crippen molar-refractivity contribution in [3.05, 3.63) is 57.8 Å². The molecule has 2 aromatic rings. The second-order valence-electron chi connectivity index (χ2n) is 4.08. The minimum absolute atomic E-state index is 0.244. The Balaban J connectivity index is 2.25. The predicted molar refractivity (Wildman–Crippen MR) is 80.5 cm³/mol. The van der Waals surface area contributed by atoms with Gasteiger partial charge in [0.15, 0.2) is 0 Å². The summed E-state index contributed by atoms with van der Waals surface area (Å²) in [6.07, 6.45) is 0. The molecular weight excluding hydrogens is 329 g/mol. The lowest BCUT2D eigenvalue weighted by atomic mass is 10.1. The number of carbonyl (C=O) groups excluding carboxylic acids is 1. The summed E-state index contributed by atoms with van der Waals surface area (Å²) >= 11 is 7.29. The number of halogens is 2. The van der Waals surface area contributed by atoms with Gasteiger partial charge in [0.05, 0.1) is 4.47 Å². The molecule has 0 bridgehead atoms. The third kappa shape index (κ3) is 3.36. The molecular formula is C14H11BrFNOS. The molecule has 0 aromatic heterocycles. The smallest absolute Gasteiger partial charge is 0.255 e. The van der Waals surface area contributed by atoms with Crippen LogP contribution in [-0.2, 0) is 0 Å². The Morgan fingerprint density at radius 2 is 2.00 bits per heavy atom. The Morgan fingerprint density at radius 3 is 2.68 bits per heavy atom. The van der Waals surface area contributed by atoms with Crippen molar-refractivity contribution in [1.29, 1.82) is 0 Å². The second-order valence-corrected chi connectivity index (χ2v) is 5.45. The van der Waals surface area contributed by atoms with Gasteiger partial charge in [0, 0.05) is 16.1 Å². The summed E-state index contributed by atoms with van der Waals surface area (Å²) in [6, 6.07) is 9.68. The number of carbonyl (C=O) groups is 1. The lowest BCUT2D eigenvalue weighted by Gasteiger charge is -2.09. The van der Waals surface area contributed by atoms with Crippen LogP contribution in [0.1, 0.15) is 15.9 Å². The summed E-state index contributed by atoms with van der Waals surface area (Å²) in [5, 5.41) is 2.72. The quantitative estimate of drug-likeness (QED) is 0.778. The molecule has 0 fully saturated rings. The molecule has 2 rings (SSSR count). The molecule has 0 spiro atoms. The molecule has 0 saturated carbocycles. The van der Waals surface area contributed by atoms with Crippen LogP contribution in [0, 0.1) is 12.7 Å². The highest BCUT2D eigenvalue weighted by atomic mass is 79.9. The zero-order valence-corrected chi connectivity index (χ0v) is 12.6. The van der Waals surface area contributed by atoms with E-state index in [1.54, 1.807) is 6.07 Å². The third-order valence-corrected chi connectivity index (χ3v) is 3.53. The highest BCUT2D eigenvalue weighted by Gasteiger charge is 2.10. The summed E-state index contributed by atoms with van der Waals surface area (Å²) in [7, 11) is 0. The number of amides is 1. The standard InChI is InChI=1S/C14H11BrFNOS/c1-8-2-4-10(19)7-11(8)14(18)17-9-3-5-13(16)12(15)6-9/h2-7,19H,1H3,(H,17,18). The fourth-order valence-corrected chi connectivity index (χ4v) is 2.21. The van der Waals surface area contributed by atoms with E-state index in [4.69, 9.17) is 0 Å². The number of anilines is 1. The Morgan fingerprint density at radius 1 is 1.26 bits per heavy atom. The summed E-state index contributed by atoms with van der Waals surface area (Å²) in [4.78, 5) is 12.8. The van der Waals surface area contributed by atoms with Crippen LogP contribution in [0.4, 0.5) is 10.1 Å². The van der Waals surface area contributed by atoms with Crippen LogP contribution in [0.2, 0.25) is 0 Å². The normalized spacial score (nSPS) is 10.3. The van der Waals surface area contributed by atoms with Crippen LogP contribution in [0.15, 0.2) is 45.8 Å². The number of aryl methyl sites for hydroxylation is 1. The molecule has 1 amide bonds. The molecule has 0 atom stereocenters. The summed E-state index contributed by atoms with van der Waals surface area (Å²) in [5.74, 6) is -0.613. The molecule has 98 valence electrons. The maximum atomic E-state index is 13.1. The highest BCUT2D eigenvalue weighted by Crippen LogP contribution is 2.21. The Kier molecular flexibility index (Phi) is 4.27. The first-order chi connectivity index (χ1) is 8.97. The molecule has 19 heavy (non-hydrogen) atoms. The largest absolute Gasteiger partial charge is 0.322 e. The third-order valence-electron chi connectivity index (χ3n) is 2.64. The van der Waals surface area contributed by atoms with Crippen LogP contribution >= 0.6 is 28.6 Å². The van der Waals surface area contributed by atoms with Crippen molar-refractivity contribution in [2.75, 3.05) is 5.32 Å². The fourth-order valence-electron chi connectivity index (χ4n) is 1.63. The van der Waals surface area contributed by atoms with E-state index in [9.17, 15) is 9.18 Å².